The van der Waals surface area contributed by atoms with E-state index in [1.807, 2.05) is 45.9 Å². The molecule has 26 heavy (non-hydrogen) atoms. The van der Waals surface area contributed by atoms with Crippen LogP contribution in [-0.4, -0.2) is 38.8 Å². The zero-order valence-corrected chi connectivity index (χ0v) is 17.1. The molecule has 0 aliphatic carbocycles. The molecule has 2 aromatic rings. The van der Waals surface area contributed by atoms with E-state index in [9.17, 15) is 0 Å². The van der Waals surface area contributed by atoms with E-state index >= 15 is 0 Å². The van der Waals surface area contributed by atoms with Crippen LogP contribution in [0.1, 0.15) is 11.1 Å². The molecule has 0 aliphatic rings. The lowest BCUT2D eigenvalue weighted by Gasteiger charge is -2.07. The van der Waals surface area contributed by atoms with Crippen LogP contribution in [-0.2, 0) is 13.1 Å². The first-order valence-electron chi connectivity index (χ1n) is 8.73. The molecule has 0 aromatic heterocycles. The Balaban J connectivity index is 1.41. The summed E-state index contributed by atoms with van der Waals surface area (Å²) in [5.74, 6) is 4.03. The molecular formula is C20H28N2O2S2. The van der Waals surface area contributed by atoms with Crippen LogP contribution in [0.25, 0.3) is 0 Å². The Bertz CT molecular complexity index is 551. The van der Waals surface area contributed by atoms with Crippen molar-refractivity contribution < 1.29 is 9.47 Å². The molecule has 0 saturated carbocycles. The van der Waals surface area contributed by atoms with Crippen molar-refractivity contribution in [2.24, 2.45) is 0 Å². The second kappa shape index (κ2) is 12.9. The number of methoxy groups -OCH3 is 2. The van der Waals surface area contributed by atoms with Crippen molar-refractivity contribution in [3.05, 3.63) is 59.7 Å². The van der Waals surface area contributed by atoms with Gasteiger partial charge in [0.05, 0.1) is 14.2 Å². The number of benzene rings is 2. The highest BCUT2D eigenvalue weighted by atomic mass is 33.1. The van der Waals surface area contributed by atoms with Gasteiger partial charge in [0.25, 0.3) is 0 Å². The average molecular weight is 393 g/mol. The fourth-order valence-corrected chi connectivity index (χ4v) is 4.20. The first-order chi connectivity index (χ1) is 12.8. The van der Waals surface area contributed by atoms with E-state index in [1.54, 1.807) is 14.2 Å². The molecule has 0 radical (unpaired) electrons. The van der Waals surface area contributed by atoms with Crippen LogP contribution < -0.4 is 20.1 Å². The SMILES string of the molecule is COc1ccc(CNCCSSCCNCc2ccc(OC)cc2)cc1. The summed E-state index contributed by atoms with van der Waals surface area (Å²) in [4.78, 5) is 0. The van der Waals surface area contributed by atoms with Crippen molar-refractivity contribution >= 4 is 21.6 Å². The summed E-state index contributed by atoms with van der Waals surface area (Å²) in [7, 11) is 7.23. The van der Waals surface area contributed by atoms with E-state index in [4.69, 9.17) is 9.47 Å². The molecule has 0 spiro atoms. The molecule has 0 unspecified atom stereocenters. The minimum Gasteiger partial charge on any atom is -0.497 e. The number of ether oxygens (including phenoxy) is 2. The monoisotopic (exact) mass is 392 g/mol. The lowest BCUT2D eigenvalue weighted by molar-refractivity contribution is 0.414. The quantitative estimate of drug-likeness (QED) is 0.397. The van der Waals surface area contributed by atoms with E-state index in [0.717, 1.165) is 49.2 Å². The van der Waals surface area contributed by atoms with Crippen molar-refractivity contribution in [1.29, 1.82) is 0 Å². The summed E-state index contributed by atoms with van der Waals surface area (Å²) in [6.45, 7) is 3.84. The maximum absolute atomic E-state index is 5.16. The van der Waals surface area contributed by atoms with E-state index in [-0.39, 0.29) is 0 Å². The van der Waals surface area contributed by atoms with Gasteiger partial charge in [0.1, 0.15) is 11.5 Å². The lowest BCUT2D eigenvalue weighted by atomic mass is 10.2. The van der Waals surface area contributed by atoms with Gasteiger partial charge in [-0.15, -0.1) is 0 Å². The van der Waals surface area contributed by atoms with Gasteiger partial charge in [0.2, 0.25) is 0 Å². The normalized spacial score (nSPS) is 10.7. The zero-order chi connectivity index (χ0) is 18.5. The molecule has 0 bridgehead atoms. The van der Waals surface area contributed by atoms with E-state index < -0.39 is 0 Å². The predicted molar refractivity (Wildman–Crippen MR) is 114 cm³/mol. The van der Waals surface area contributed by atoms with Crippen LogP contribution in [0, 0.1) is 0 Å². The van der Waals surface area contributed by atoms with Crippen molar-refractivity contribution in [2.45, 2.75) is 13.1 Å². The molecule has 2 aromatic carbocycles. The summed E-state index contributed by atoms with van der Waals surface area (Å²) >= 11 is 0. The van der Waals surface area contributed by atoms with Crippen LogP contribution in [0.4, 0.5) is 0 Å². The molecule has 142 valence electrons. The molecule has 6 heteroatoms. The Morgan fingerprint density at radius 1 is 0.654 bits per heavy atom. The zero-order valence-electron chi connectivity index (χ0n) is 15.5. The Labute approximate surface area is 164 Å². The van der Waals surface area contributed by atoms with Crippen molar-refractivity contribution in [2.75, 3.05) is 38.8 Å². The predicted octanol–water partition coefficient (Wildman–Crippen LogP) is 3.96. The molecule has 0 heterocycles. The molecule has 2 rings (SSSR count). The maximum atomic E-state index is 5.16. The van der Waals surface area contributed by atoms with Crippen molar-refractivity contribution in [3.63, 3.8) is 0 Å². The van der Waals surface area contributed by atoms with Gasteiger partial charge in [-0.3, -0.25) is 0 Å². The molecule has 0 atom stereocenters. The lowest BCUT2D eigenvalue weighted by Crippen LogP contribution is -2.17. The second-order valence-corrected chi connectivity index (χ2v) is 8.40. The largest absolute Gasteiger partial charge is 0.497 e. The summed E-state index contributed by atoms with van der Waals surface area (Å²) in [6.07, 6.45) is 0. The molecule has 2 N–H and O–H groups in total. The Hall–Kier alpha value is -1.34. The highest BCUT2D eigenvalue weighted by Crippen LogP contribution is 2.19. The van der Waals surface area contributed by atoms with Gasteiger partial charge in [0.15, 0.2) is 0 Å². The third-order valence-corrected chi connectivity index (χ3v) is 6.19. The van der Waals surface area contributed by atoms with Gasteiger partial charge in [-0.05, 0) is 35.4 Å². The number of hydrogen-bond donors (Lipinski definition) is 2. The Morgan fingerprint density at radius 2 is 1.04 bits per heavy atom. The van der Waals surface area contributed by atoms with Crippen LogP contribution in [0.2, 0.25) is 0 Å². The number of hydrogen-bond acceptors (Lipinski definition) is 6. The van der Waals surface area contributed by atoms with Gasteiger partial charge in [-0.2, -0.15) is 0 Å². The third-order valence-electron chi connectivity index (χ3n) is 3.78. The average Bonchev–Trinajstić information content (AvgIpc) is 2.70. The van der Waals surface area contributed by atoms with Gasteiger partial charge >= 0.3 is 0 Å². The van der Waals surface area contributed by atoms with Gasteiger partial charge < -0.3 is 20.1 Å². The summed E-state index contributed by atoms with van der Waals surface area (Å²) in [6, 6.07) is 16.4. The van der Waals surface area contributed by atoms with Crippen LogP contribution in [0.5, 0.6) is 11.5 Å². The fourth-order valence-electron chi connectivity index (χ4n) is 2.30. The first kappa shape index (κ1) is 21.0. The first-order valence-corrected chi connectivity index (χ1v) is 11.2. The molecule has 0 saturated heterocycles. The van der Waals surface area contributed by atoms with Gasteiger partial charge in [-0.25, -0.2) is 0 Å². The molecular weight excluding hydrogens is 364 g/mol. The minimum atomic E-state index is 0.901. The second-order valence-electron chi connectivity index (χ2n) is 5.69. The smallest absolute Gasteiger partial charge is 0.118 e. The van der Waals surface area contributed by atoms with Crippen molar-refractivity contribution in [1.82, 2.24) is 10.6 Å². The van der Waals surface area contributed by atoms with Crippen molar-refractivity contribution in [3.8, 4) is 11.5 Å². The molecule has 0 aliphatic heterocycles. The highest BCUT2D eigenvalue weighted by molar-refractivity contribution is 8.76. The van der Waals surface area contributed by atoms with E-state index in [2.05, 4.69) is 34.9 Å². The summed E-state index contributed by atoms with van der Waals surface area (Å²) in [5, 5.41) is 6.94. The van der Waals surface area contributed by atoms with Crippen LogP contribution in [0.15, 0.2) is 48.5 Å². The minimum absolute atomic E-state index is 0.901. The standard InChI is InChI=1S/C20H28N2O2S2/c1-23-19-7-3-17(4-8-19)15-21-11-13-25-26-14-12-22-16-18-5-9-20(24-2)10-6-18/h3-10,21-22H,11-16H2,1-2H3. The van der Waals surface area contributed by atoms with Gasteiger partial charge in [0, 0.05) is 37.7 Å². The summed E-state index contributed by atoms with van der Waals surface area (Å²) in [5.41, 5.74) is 2.57. The molecule has 4 nitrogen and oxygen atoms in total. The van der Waals surface area contributed by atoms with Crippen LogP contribution in [0.3, 0.4) is 0 Å². The Kier molecular flexibility index (Phi) is 10.4. The topological polar surface area (TPSA) is 42.5 Å². The fraction of sp³-hybridized carbons (Fsp3) is 0.400. The number of nitrogens with one attached hydrogen (secondary N) is 2. The maximum Gasteiger partial charge on any atom is 0.118 e. The molecule has 0 fully saturated rings. The highest BCUT2D eigenvalue weighted by Gasteiger charge is 1.97. The third kappa shape index (κ3) is 8.36. The van der Waals surface area contributed by atoms with Crippen LogP contribution >= 0.6 is 21.6 Å². The van der Waals surface area contributed by atoms with E-state index in [0.29, 0.717) is 0 Å². The number of rotatable bonds is 13. The Morgan fingerprint density at radius 3 is 1.38 bits per heavy atom. The van der Waals surface area contributed by atoms with Gasteiger partial charge in [-0.1, -0.05) is 45.9 Å². The molecule has 0 amide bonds. The van der Waals surface area contributed by atoms with E-state index in [1.165, 1.54) is 11.1 Å². The summed E-state index contributed by atoms with van der Waals surface area (Å²) < 4.78 is 10.3.